The van der Waals surface area contributed by atoms with Gasteiger partial charge in [-0.15, -0.1) is 11.8 Å². The van der Waals surface area contributed by atoms with Crippen LogP contribution in [0, 0.1) is 0 Å². The van der Waals surface area contributed by atoms with Crippen LogP contribution in [0.1, 0.15) is 11.8 Å². The normalized spacial score (nSPS) is 25.8. The van der Waals surface area contributed by atoms with E-state index in [4.69, 9.17) is 17.1 Å². The minimum atomic E-state index is -0.256. The number of fused-ring (bicyclic) bond motifs is 1. The van der Waals surface area contributed by atoms with Crippen molar-refractivity contribution in [2.45, 2.75) is 23.1 Å². The Morgan fingerprint density at radius 2 is 2.40 bits per heavy atom. The van der Waals surface area contributed by atoms with Crippen LogP contribution < -0.4 is 0 Å². The third-order valence-corrected chi connectivity index (χ3v) is 4.98. The van der Waals surface area contributed by atoms with Gasteiger partial charge in [0.2, 0.25) is 0 Å². The maximum Gasteiger partial charge on any atom is 0.165 e. The first-order valence-electron chi connectivity index (χ1n) is 5.88. The van der Waals surface area contributed by atoms with E-state index in [2.05, 4.69) is 25.0 Å². The SMILES string of the molecule is [N-]=[N+]=N[C@@H]1C[C@@H](CO)S[C@@H]1n1cnc2c(Cl)ncnc21. The van der Waals surface area contributed by atoms with E-state index in [0.29, 0.717) is 17.6 Å². The van der Waals surface area contributed by atoms with E-state index < -0.39 is 0 Å². The van der Waals surface area contributed by atoms with Gasteiger partial charge < -0.3 is 9.67 Å². The number of rotatable bonds is 3. The van der Waals surface area contributed by atoms with Gasteiger partial charge in [0.1, 0.15) is 11.8 Å². The molecule has 0 spiro atoms. The van der Waals surface area contributed by atoms with Crippen LogP contribution in [0.3, 0.4) is 0 Å². The number of imidazole rings is 1. The Bertz CT molecular complexity index is 685. The first-order chi connectivity index (χ1) is 9.74. The van der Waals surface area contributed by atoms with Crippen LogP contribution in [-0.2, 0) is 0 Å². The number of aliphatic hydroxyl groups excluding tert-OH is 1. The van der Waals surface area contributed by atoms with Gasteiger partial charge in [-0.1, -0.05) is 16.7 Å². The first-order valence-corrected chi connectivity index (χ1v) is 7.20. The van der Waals surface area contributed by atoms with Gasteiger partial charge in [0.05, 0.1) is 24.3 Å². The summed E-state index contributed by atoms with van der Waals surface area (Å²) in [6, 6.07) is -0.256. The minimum Gasteiger partial charge on any atom is -0.395 e. The molecule has 104 valence electrons. The zero-order chi connectivity index (χ0) is 14.1. The van der Waals surface area contributed by atoms with E-state index in [1.54, 1.807) is 18.1 Å². The summed E-state index contributed by atoms with van der Waals surface area (Å²) >= 11 is 7.52. The molecule has 0 amide bonds. The number of halogens is 1. The van der Waals surface area contributed by atoms with Crippen LogP contribution in [0.4, 0.5) is 0 Å². The van der Waals surface area contributed by atoms with Crippen LogP contribution in [0.15, 0.2) is 17.8 Å². The number of aromatic nitrogens is 4. The molecular formula is C10H10ClN7OS. The maximum atomic E-state index is 9.30. The van der Waals surface area contributed by atoms with Crippen LogP contribution in [0.5, 0.6) is 0 Å². The summed E-state index contributed by atoms with van der Waals surface area (Å²) in [5.74, 6) is 0. The highest BCUT2D eigenvalue weighted by Gasteiger charge is 2.36. The van der Waals surface area contributed by atoms with Crippen LogP contribution in [0.25, 0.3) is 21.6 Å². The van der Waals surface area contributed by atoms with Gasteiger partial charge in [0.25, 0.3) is 0 Å². The maximum absolute atomic E-state index is 9.30. The summed E-state index contributed by atoms with van der Waals surface area (Å²) in [7, 11) is 0. The van der Waals surface area contributed by atoms with Crippen molar-refractivity contribution in [3.63, 3.8) is 0 Å². The Morgan fingerprint density at radius 3 is 3.15 bits per heavy atom. The summed E-state index contributed by atoms with van der Waals surface area (Å²) in [5.41, 5.74) is 9.79. The van der Waals surface area contributed by atoms with E-state index >= 15 is 0 Å². The Labute approximate surface area is 122 Å². The fraction of sp³-hybridized carbons (Fsp3) is 0.500. The molecule has 2 aromatic rings. The number of azide groups is 1. The fourth-order valence-corrected chi connectivity index (χ4v) is 3.88. The molecule has 3 atom stereocenters. The monoisotopic (exact) mass is 311 g/mol. The predicted octanol–water partition coefficient (Wildman–Crippen LogP) is 2.15. The van der Waals surface area contributed by atoms with Gasteiger partial charge in [-0.05, 0) is 12.0 Å². The minimum absolute atomic E-state index is 0.0326. The molecule has 1 saturated heterocycles. The standard InChI is InChI=1S/C10H10ClN7OS/c11-8-7-9(14-3-13-8)18(4-15-7)10-6(16-17-12)1-5(2-19)20-10/h3-6,10,19H,1-2H2/t5-,6+,10-/m0/s1. The Morgan fingerprint density at radius 1 is 1.55 bits per heavy atom. The highest BCUT2D eigenvalue weighted by molar-refractivity contribution is 8.00. The molecule has 3 rings (SSSR count). The van der Waals surface area contributed by atoms with E-state index in [0.717, 1.165) is 0 Å². The van der Waals surface area contributed by atoms with Crippen molar-refractivity contribution >= 4 is 34.5 Å². The number of nitrogens with zero attached hydrogens (tertiary/aromatic N) is 7. The molecule has 1 aliphatic rings. The largest absolute Gasteiger partial charge is 0.395 e. The predicted molar refractivity (Wildman–Crippen MR) is 75.4 cm³/mol. The van der Waals surface area contributed by atoms with Gasteiger partial charge in [0.15, 0.2) is 10.8 Å². The molecular weight excluding hydrogens is 302 g/mol. The molecule has 1 aliphatic heterocycles. The van der Waals surface area contributed by atoms with E-state index in [1.165, 1.54) is 6.33 Å². The first kappa shape index (κ1) is 13.4. The molecule has 2 aromatic heterocycles. The lowest BCUT2D eigenvalue weighted by molar-refractivity contribution is 0.289. The topological polar surface area (TPSA) is 113 Å². The molecule has 10 heteroatoms. The second-order valence-corrected chi connectivity index (χ2v) is 6.11. The third kappa shape index (κ3) is 2.18. The number of thioether (sulfide) groups is 1. The quantitative estimate of drug-likeness (QED) is 0.404. The molecule has 0 saturated carbocycles. The van der Waals surface area contributed by atoms with Gasteiger partial charge in [-0.2, -0.15) is 0 Å². The van der Waals surface area contributed by atoms with E-state index in [9.17, 15) is 5.11 Å². The fourth-order valence-electron chi connectivity index (χ4n) is 2.28. The van der Waals surface area contributed by atoms with Gasteiger partial charge in [0, 0.05) is 10.2 Å². The molecule has 0 aromatic carbocycles. The van der Waals surface area contributed by atoms with E-state index in [-0.39, 0.29) is 28.4 Å². The van der Waals surface area contributed by atoms with Crippen molar-refractivity contribution in [3.05, 3.63) is 28.3 Å². The van der Waals surface area contributed by atoms with Crippen molar-refractivity contribution in [1.29, 1.82) is 0 Å². The summed E-state index contributed by atoms with van der Waals surface area (Å²) < 4.78 is 1.82. The lowest BCUT2D eigenvalue weighted by Gasteiger charge is -2.16. The molecule has 1 N–H and O–H groups in total. The van der Waals surface area contributed by atoms with Crippen LogP contribution in [-0.4, -0.2) is 42.5 Å². The van der Waals surface area contributed by atoms with Crippen LogP contribution >= 0.6 is 23.4 Å². The van der Waals surface area contributed by atoms with Crippen molar-refractivity contribution < 1.29 is 5.11 Å². The zero-order valence-electron chi connectivity index (χ0n) is 10.2. The average Bonchev–Trinajstić information content (AvgIpc) is 3.03. The molecule has 8 nitrogen and oxygen atoms in total. The Balaban J connectivity index is 2.05. The highest BCUT2D eigenvalue weighted by atomic mass is 35.5. The van der Waals surface area contributed by atoms with Crippen molar-refractivity contribution in [2.24, 2.45) is 5.11 Å². The molecule has 0 radical (unpaired) electrons. The molecule has 1 fully saturated rings. The number of hydrogen-bond acceptors (Lipinski definition) is 6. The number of hydrogen-bond donors (Lipinski definition) is 1. The van der Waals surface area contributed by atoms with Crippen molar-refractivity contribution in [3.8, 4) is 0 Å². The van der Waals surface area contributed by atoms with Gasteiger partial charge in [-0.25, -0.2) is 15.0 Å². The average molecular weight is 312 g/mol. The van der Waals surface area contributed by atoms with Gasteiger partial charge in [-0.3, -0.25) is 0 Å². The summed E-state index contributed by atoms with van der Waals surface area (Å²) in [6.07, 6.45) is 3.60. The lowest BCUT2D eigenvalue weighted by atomic mass is 10.2. The summed E-state index contributed by atoms with van der Waals surface area (Å²) in [4.78, 5) is 15.2. The lowest BCUT2D eigenvalue weighted by Crippen LogP contribution is -2.14. The Hall–Kier alpha value is -1.54. The smallest absolute Gasteiger partial charge is 0.165 e. The number of aliphatic hydroxyl groups is 1. The van der Waals surface area contributed by atoms with Gasteiger partial charge >= 0.3 is 0 Å². The molecule has 0 bridgehead atoms. The van der Waals surface area contributed by atoms with Crippen molar-refractivity contribution in [2.75, 3.05) is 6.61 Å². The Kier molecular flexibility index (Phi) is 3.66. The molecule has 0 aliphatic carbocycles. The molecule has 3 heterocycles. The molecule has 20 heavy (non-hydrogen) atoms. The van der Waals surface area contributed by atoms with Crippen LogP contribution in [0.2, 0.25) is 5.15 Å². The van der Waals surface area contributed by atoms with Crippen molar-refractivity contribution in [1.82, 2.24) is 19.5 Å². The summed E-state index contributed by atoms with van der Waals surface area (Å²) in [6.45, 7) is 0.0426. The second-order valence-electron chi connectivity index (χ2n) is 4.33. The molecule has 0 unspecified atom stereocenters. The second kappa shape index (κ2) is 5.45. The third-order valence-electron chi connectivity index (χ3n) is 3.16. The zero-order valence-corrected chi connectivity index (χ0v) is 11.7. The highest BCUT2D eigenvalue weighted by Crippen LogP contribution is 2.44. The van der Waals surface area contributed by atoms with E-state index in [1.807, 2.05) is 4.57 Å². The summed E-state index contributed by atoms with van der Waals surface area (Å²) in [5, 5.41) is 13.3.